The van der Waals surface area contributed by atoms with Crippen molar-refractivity contribution >= 4 is 11.3 Å². The second kappa shape index (κ2) is 5.15. The molecule has 0 aliphatic heterocycles. The average molecular weight is 273 g/mol. The van der Waals surface area contributed by atoms with Crippen LogP contribution in [0.4, 0.5) is 0 Å². The SMILES string of the molecule is COc1ccncc1-c1cn(Cc2nccs2)nn1. The summed E-state index contributed by atoms with van der Waals surface area (Å²) in [6, 6.07) is 1.80. The van der Waals surface area contributed by atoms with E-state index < -0.39 is 0 Å². The number of hydrogen-bond donors (Lipinski definition) is 0. The van der Waals surface area contributed by atoms with Crippen molar-refractivity contribution in [1.29, 1.82) is 0 Å². The maximum atomic E-state index is 5.29. The summed E-state index contributed by atoms with van der Waals surface area (Å²) in [4.78, 5) is 8.31. The highest BCUT2D eigenvalue weighted by Crippen LogP contribution is 2.26. The number of aromatic nitrogens is 5. The number of methoxy groups -OCH3 is 1. The van der Waals surface area contributed by atoms with Crippen LogP contribution in [0, 0.1) is 0 Å². The summed E-state index contributed by atoms with van der Waals surface area (Å²) in [6.45, 7) is 0.618. The first kappa shape index (κ1) is 11.8. The first-order valence-corrected chi connectivity index (χ1v) is 6.51. The molecule has 19 heavy (non-hydrogen) atoms. The first-order chi connectivity index (χ1) is 9.36. The lowest BCUT2D eigenvalue weighted by Gasteiger charge is -2.03. The Morgan fingerprint density at radius 3 is 3.11 bits per heavy atom. The quantitative estimate of drug-likeness (QED) is 0.726. The zero-order chi connectivity index (χ0) is 13.1. The van der Waals surface area contributed by atoms with Crippen LogP contribution in [0.1, 0.15) is 5.01 Å². The van der Waals surface area contributed by atoms with Gasteiger partial charge in [0, 0.05) is 24.0 Å². The summed E-state index contributed by atoms with van der Waals surface area (Å²) in [7, 11) is 1.62. The van der Waals surface area contributed by atoms with Gasteiger partial charge < -0.3 is 4.74 Å². The maximum absolute atomic E-state index is 5.29. The normalized spacial score (nSPS) is 10.6. The first-order valence-electron chi connectivity index (χ1n) is 5.63. The Morgan fingerprint density at radius 1 is 1.37 bits per heavy atom. The molecule has 6 nitrogen and oxygen atoms in total. The molecule has 0 amide bonds. The highest BCUT2D eigenvalue weighted by atomic mass is 32.1. The zero-order valence-electron chi connectivity index (χ0n) is 10.2. The fraction of sp³-hybridized carbons (Fsp3) is 0.167. The van der Waals surface area contributed by atoms with Gasteiger partial charge in [0.05, 0.1) is 25.4 Å². The maximum Gasteiger partial charge on any atom is 0.131 e. The molecule has 0 N–H and O–H groups in total. The molecule has 0 atom stereocenters. The van der Waals surface area contributed by atoms with Gasteiger partial charge in [-0.25, -0.2) is 9.67 Å². The van der Waals surface area contributed by atoms with Crippen LogP contribution in [-0.2, 0) is 6.54 Å². The van der Waals surface area contributed by atoms with Gasteiger partial charge in [-0.3, -0.25) is 4.98 Å². The number of ether oxygens (including phenoxy) is 1. The van der Waals surface area contributed by atoms with Crippen molar-refractivity contribution in [3.63, 3.8) is 0 Å². The monoisotopic (exact) mass is 273 g/mol. The van der Waals surface area contributed by atoms with Crippen molar-refractivity contribution in [2.75, 3.05) is 7.11 Å². The van der Waals surface area contributed by atoms with Gasteiger partial charge in [0.15, 0.2) is 0 Å². The number of hydrogen-bond acceptors (Lipinski definition) is 6. The molecule has 0 spiro atoms. The Bertz CT molecular complexity index is 664. The molecule has 0 bridgehead atoms. The lowest BCUT2D eigenvalue weighted by molar-refractivity contribution is 0.416. The summed E-state index contributed by atoms with van der Waals surface area (Å²) >= 11 is 1.59. The number of rotatable bonds is 4. The highest BCUT2D eigenvalue weighted by molar-refractivity contribution is 7.09. The summed E-state index contributed by atoms with van der Waals surface area (Å²) in [5.41, 5.74) is 1.57. The molecule has 0 radical (unpaired) electrons. The van der Waals surface area contributed by atoms with E-state index in [2.05, 4.69) is 20.3 Å². The lowest BCUT2D eigenvalue weighted by Crippen LogP contribution is -1.99. The molecular formula is C12H11N5OS. The molecule has 0 aliphatic rings. The van der Waals surface area contributed by atoms with E-state index in [1.807, 2.05) is 11.6 Å². The van der Waals surface area contributed by atoms with E-state index >= 15 is 0 Å². The molecule has 0 fully saturated rings. The van der Waals surface area contributed by atoms with Gasteiger partial charge in [0.1, 0.15) is 16.5 Å². The van der Waals surface area contributed by atoms with Crippen LogP contribution in [0.25, 0.3) is 11.3 Å². The van der Waals surface area contributed by atoms with Gasteiger partial charge in [-0.15, -0.1) is 16.4 Å². The van der Waals surface area contributed by atoms with Crippen molar-refractivity contribution in [2.45, 2.75) is 6.54 Å². The van der Waals surface area contributed by atoms with Gasteiger partial charge in [0.2, 0.25) is 0 Å². The molecular weight excluding hydrogens is 262 g/mol. The molecule has 0 aliphatic carbocycles. The average Bonchev–Trinajstić information content (AvgIpc) is 3.11. The molecule has 3 aromatic heterocycles. The standard InChI is InChI=1S/C12H11N5OS/c1-18-11-2-3-13-6-9(11)10-7-17(16-15-10)8-12-14-4-5-19-12/h2-7H,8H2,1H3. The minimum atomic E-state index is 0.618. The number of thiazole rings is 1. The van der Waals surface area contributed by atoms with Crippen LogP contribution < -0.4 is 4.74 Å². The highest BCUT2D eigenvalue weighted by Gasteiger charge is 2.10. The van der Waals surface area contributed by atoms with Crippen LogP contribution >= 0.6 is 11.3 Å². The van der Waals surface area contributed by atoms with E-state index in [4.69, 9.17) is 4.74 Å². The smallest absolute Gasteiger partial charge is 0.131 e. The largest absolute Gasteiger partial charge is 0.496 e. The van der Waals surface area contributed by atoms with Crippen LogP contribution in [-0.4, -0.2) is 32.1 Å². The summed E-state index contributed by atoms with van der Waals surface area (Å²) < 4.78 is 7.04. The van der Waals surface area contributed by atoms with Crippen molar-refractivity contribution in [3.05, 3.63) is 41.2 Å². The Morgan fingerprint density at radius 2 is 2.32 bits per heavy atom. The van der Waals surface area contributed by atoms with Crippen molar-refractivity contribution in [2.24, 2.45) is 0 Å². The van der Waals surface area contributed by atoms with Crippen LogP contribution in [0.5, 0.6) is 5.75 Å². The minimum absolute atomic E-state index is 0.618. The van der Waals surface area contributed by atoms with Crippen molar-refractivity contribution < 1.29 is 4.74 Å². The molecule has 0 aromatic carbocycles. The molecule has 7 heteroatoms. The lowest BCUT2D eigenvalue weighted by atomic mass is 10.2. The van der Waals surface area contributed by atoms with Crippen molar-refractivity contribution in [3.8, 4) is 17.0 Å². The molecule has 0 saturated heterocycles. The van der Waals surface area contributed by atoms with Gasteiger partial charge in [-0.2, -0.15) is 0 Å². The van der Waals surface area contributed by atoms with Gasteiger partial charge in [-0.05, 0) is 6.07 Å². The van der Waals surface area contributed by atoms with Gasteiger partial charge in [0.25, 0.3) is 0 Å². The zero-order valence-corrected chi connectivity index (χ0v) is 11.0. The Balaban J connectivity index is 1.88. The molecule has 3 heterocycles. The molecule has 0 unspecified atom stereocenters. The molecule has 3 rings (SSSR count). The number of nitrogens with zero attached hydrogens (tertiary/aromatic N) is 5. The second-order valence-electron chi connectivity index (χ2n) is 3.80. The van der Waals surface area contributed by atoms with Crippen molar-refractivity contribution in [1.82, 2.24) is 25.0 Å². The number of pyridine rings is 1. The predicted molar refractivity (Wildman–Crippen MR) is 71.0 cm³/mol. The van der Waals surface area contributed by atoms with Crippen LogP contribution in [0.2, 0.25) is 0 Å². The van der Waals surface area contributed by atoms with E-state index in [9.17, 15) is 0 Å². The second-order valence-corrected chi connectivity index (χ2v) is 4.78. The third kappa shape index (κ3) is 2.45. The van der Waals surface area contributed by atoms with Gasteiger partial charge >= 0.3 is 0 Å². The fourth-order valence-corrected chi connectivity index (χ4v) is 2.33. The van der Waals surface area contributed by atoms with E-state index in [0.29, 0.717) is 6.54 Å². The molecule has 0 saturated carbocycles. The minimum Gasteiger partial charge on any atom is -0.496 e. The van der Waals surface area contributed by atoms with Gasteiger partial charge in [-0.1, -0.05) is 5.21 Å². The third-order valence-corrected chi connectivity index (χ3v) is 3.36. The summed E-state index contributed by atoms with van der Waals surface area (Å²) in [5, 5.41) is 11.2. The Kier molecular flexibility index (Phi) is 3.20. The van der Waals surface area contributed by atoms with Crippen LogP contribution in [0.15, 0.2) is 36.2 Å². The molecule has 3 aromatic rings. The third-order valence-electron chi connectivity index (χ3n) is 2.60. The van der Waals surface area contributed by atoms with E-state index in [0.717, 1.165) is 22.0 Å². The molecule has 96 valence electrons. The summed E-state index contributed by atoms with van der Waals surface area (Å²) in [6.07, 6.45) is 7.04. The Hall–Kier alpha value is -2.28. The topological polar surface area (TPSA) is 65.7 Å². The van der Waals surface area contributed by atoms with E-state index in [-0.39, 0.29) is 0 Å². The van der Waals surface area contributed by atoms with Crippen LogP contribution in [0.3, 0.4) is 0 Å². The fourth-order valence-electron chi connectivity index (χ4n) is 1.72. The summed E-state index contributed by atoms with van der Waals surface area (Å²) in [5.74, 6) is 0.733. The van der Waals surface area contributed by atoms with E-state index in [1.165, 1.54) is 0 Å². The van der Waals surface area contributed by atoms with E-state index in [1.54, 1.807) is 47.8 Å². The predicted octanol–water partition coefficient (Wildman–Crippen LogP) is 1.85. The Labute approximate surface area is 113 Å².